The van der Waals surface area contributed by atoms with Gasteiger partial charge in [-0.05, 0) is 24.1 Å². The number of aromatic nitrogens is 3. The molecule has 0 atom stereocenters. The number of nitrogen functional groups attached to an aromatic ring is 1. The third kappa shape index (κ3) is 3.18. The fourth-order valence-corrected chi connectivity index (χ4v) is 2.15. The SMILES string of the molecule is N#Cc1cnc(SCCc2ccncc2)nc1N. The minimum absolute atomic E-state index is 0.235. The molecule has 0 amide bonds. The minimum Gasteiger partial charge on any atom is -0.382 e. The lowest BCUT2D eigenvalue weighted by atomic mass is 10.2. The number of anilines is 1. The largest absolute Gasteiger partial charge is 0.382 e. The fraction of sp³-hybridized carbons (Fsp3) is 0.167. The molecular weight excluding hydrogens is 246 g/mol. The van der Waals surface area contributed by atoms with Crippen molar-refractivity contribution in [1.29, 1.82) is 5.26 Å². The molecule has 2 aromatic heterocycles. The van der Waals surface area contributed by atoms with Gasteiger partial charge < -0.3 is 5.73 Å². The Balaban J connectivity index is 1.91. The average molecular weight is 257 g/mol. The molecule has 0 aliphatic carbocycles. The van der Waals surface area contributed by atoms with Crippen molar-refractivity contribution >= 4 is 17.6 Å². The van der Waals surface area contributed by atoms with E-state index < -0.39 is 0 Å². The van der Waals surface area contributed by atoms with Crippen molar-refractivity contribution in [3.63, 3.8) is 0 Å². The highest BCUT2D eigenvalue weighted by Gasteiger charge is 2.03. The molecule has 0 unspecified atom stereocenters. The lowest BCUT2D eigenvalue weighted by molar-refractivity contribution is 0.966. The van der Waals surface area contributed by atoms with E-state index in [0.29, 0.717) is 10.7 Å². The van der Waals surface area contributed by atoms with E-state index in [1.807, 2.05) is 18.2 Å². The first kappa shape index (κ1) is 12.3. The van der Waals surface area contributed by atoms with E-state index in [1.54, 1.807) is 12.4 Å². The van der Waals surface area contributed by atoms with Crippen LogP contribution in [-0.4, -0.2) is 20.7 Å². The van der Waals surface area contributed by atoms with E-state index in [-0.39, 0.29) is 5.82 Å². The maximum atomic E-state index is 8.71. The molecule has 0 fully saturated rings. The van der Waals surface area contributed by atoms with Crippen molar-refractivity contribution in [1.82, 2.24) is 15.0 Å². The Morgan fingerprint density at radius 1 is 1.33 bits per heavy atom. The number of aryl methyl sites for hydroxylation is 1. The van der Waals surface area contributed by atoms with Crippen molar-refractivity contribution in [3.05, 3.63) is 41.9 Å². The molecule has 5 nitrogen and oxygen atoms in total. The second-order valence-electron chi connectivity index (χ2n) is 3.52. The normalized spacial score (nSPS) is 9.94. The molecule has 0 saturated heterocycles. The van der Waals surface area contributed by atoms with Crippen LogP contribution >= 0.6 is 11.8 Å². The molecule has 2 aromatic rings. The summed E-state index contributed by atoms with van der Waals surface area (Å²) < 4.78 is 0. The van der Waals surface area contributed by atoms with Crippen molar-refractivity contribution in [2.45, 2.75) is 11.6 Å². The first-order chi connectivity index (χ1) is 8.79. The summed E-state index contributed by atoms with van der Waals surface area (Å²) in [6.45, 7) is 0. The van der Waals surface area contributed by atoms with Crippen molar-refractivity contribution < 1.29 is 0 Å². The Hall–Kier alpha value is -2.13. The number of nitrogens with two attached hydrogens (primary N) is 1. The van der Waals surface area contributed by atoms with Gasteiger partial charge in [-0.2, -0.15) is 5.26 Å². The molecular formula is C12H11N5S. The van der Waals surface area contributed by atoms with Gasteiger partial charge in [0, 0.05) is 18.1 Å². The predicted octanol–water partition coefficient (Wildman–Crippen LogP) is 1.66. The molecule has 0 aliphatic heterocycles. The van der Waals surface area contributed by atoms with Crippen LogP contribution in [0.25, 0.3) is 0 Å². The fourth-order valence-electron chi connectivity index (χ4n) is 1.34. The van der Waals surface area contributed by atoms with Crippen molar-refractivity contribution in [2.75, 3.05) is 11.5 Å². The van der Waals surface area contributed by atoms with Crippen LogP contribution in [-0.2, 0) is 6.42 Å². The smallest absolute Gasteiger partial charge is 0.189 e. The van der Waals surface area contributed by atoms with E-state index in [2.05, 4.69) is 15.0 Å². The van der Waals surface area contributed by atoms with Crippen LogP contribution in [0.15, 0.2) is 35.9 Å². The summed E-state index contributed by atoms with van der Waals surface area (Å²) in [5, 5.41) is 9.31. The third-order valence-electron chi connectivity index (χ3n) is 2.29. The lowest BCUT2D eigenvalue weighted by Crippen LogP contribution is -1.99. The zero-order valence-electron chi connectivity index (χ0n) is 9.58. The van der Waals surface area contributed by atoms with Crippen molar-refractivity contribution in [2.24, 2.45) is 0 Å². The number of nitrogens with zero attached hydrogens (tertiary/aromatic N) is 4. The summed E-state index contributed by atoms with van der Waals surface area (Å²) in [5.74, 6) is 1.09. The summed E-state index contributed by atoms with van der Waals surface area (Å²) in [4.78, 5) is 12.1. The Morgan fingerprint density at radius 3 is 2.78 bits per heavy atom. The molecule has 0 saturated carbocycles. The van der Waals surface area contributed by atoms with E-state index in [9.17, 15) is 0 Å². The van der Waals surface area contributed by atoms with Gasteiger partial charge in [0.25, 0.3) is 0 Å². The van der Waals surface area contributed by atoms with Crippen molar-refractivity contribution in [3.8, 4) is 6.07 Å². The first-order valence-corrected chi connectivity index (χ1v) is 6.32. The maximum Gasteiger partial charge on any atom is 0.189 e. The minimum atomic E-state index is 0.235. The third-order valence-corrected chi connectivity index (χ3v) is 3.15. The second-order valence-corrected chi connectivity index (χ2v) is 4.58. The van der Waals surface area contributed by atoms with Crippen LogP contribution in [0, 0.1) is 11.3 Å². The zero-order chi connectivity index (χ0) is 12.8. The molecule has 2 N–H and O–H groups in total. The van der Waals surface area contributed by atoms with Gasteiger partial charge in [0.1, 0.15) is 17.5 Å². The van der Waals surface area contributed by atoms with Gasteiger partial charge in [-0.25, -0.2) is 9.97 Å². The van der Waals surface area contributed by atoms with Crippen LogP contribution in [0.4, 0.5) is 5.82 Å². The van der Waals surface area contributed by atoms with Gasteiger partial charge in [-0.3, -0.25) is 4.98 Å². The summed E-state index contributed by atoms with van der Waals surface area (Å²) in [6, 6.07) is 5.90. The Morgan fingerprint density at radius 2 is 2.11 bits per heavy atom. The Bertz CT molecular complexity index is 564. The van der Waals surface area contributed by atoms with E-state index in [0.717, 1.165) is 12.2 Å². The standard InChI is InChI=1S/C12H11N5S/c13-7-10-8-16-12(17-11(10)14)18-6-3-9-1-4-15-5-2-9/h1-2,4-5,8H,3,6H2,(H2,14,16,17). The highest BCUT2D eigenvalue weighted by atomic mass is 32.2. The van der Waals surface area contributed by atoms with Gasteiger partial charge in [0.05, 0.1) is 6.20 Å². The summed E-state index contributed by atoms with van der Waals surface area (Å²) in [6.07, 6.45) is 5.92. The number of rotatable bonds is 4. The van der Waals surface area contributed by atoms with Gasteiger partial charge in [-0.15, -0.1) is 0 Å². The van der Waals surface area contributed by atoms with Crippen LogP contribution in [0.5, 0.6) is 0 Å². The molecule has 0 bridgehead atoms. The van der Waals surface area contributed by atoms with Gasteiger partial charge in [-0.1, -0.05) is 11.8 Å². The number of pyridine rings is 1. The summed E-state index contributed by atoms with van der Waals surface area (Å²) in [5.41, 5.74) is 7.15. The quantitative estimate of drug-likeness (QED) is 0.662. The highest BCUT2D eigenvalue weighted by molar-refractivity contribution is 7.99. The molecule has 6 heteroatoms. The molecule has 18 heavy (non-hydrogen) atoms. The predicted molar refractivity (Wildman–Crippen MR) is 69.8 cm³/mol. The molecule has 0 radical (unpaired) electrons. The van der Waals surface area contributed by atoms with Crippen LogP contribution in [0.1, 0.15) is 11.1 Å². The Kier molecular flexibility index (Phi) is 4.10. The molecule has 90 valence electrons. The van der Waals surface area contributed by atoms with Gasteiger partial charge >= 0.3 is 0 Å². The van der Waals surface area contributed by atoms with E-state index in [4.69, 9.17) is 11.0 Å². The number of thioether (sulfide) groups is 1. The van der Waals surface area contributed by atoms with Gasteiger partial charge in [0.2, 0.25) is 0 Å². The topological polar surface area (TPSA) is 88.5 Å². The first-order valence-electron chi connectivity index (χ1n) is 5.34. The molecule has 0 aliphatic rings. The van der Waals surface area contributed by atoms with E-state index >= 15 is 0 Å². The molecule has 0 spiro atoms. The van der Waals surface area contributed by atoms with Crippen LogP contribution < -0.4 is 5.73 Å². The second kappa shape index (κ2) is 5.98. The molecule has 2 rings (SSSR count). The highest BCUT2D eigenvalue weighted by Crippen LogP contribution is 2.17. The monoisotopic (exact) mass is 257 g/mol. The van der Waals surface area contributed by atoms with Gasteiger partial charge in [0.15, 0.2) is 5.16 Å². The van der Waals surface area contributed by atoms with E-state index in [1.165, 1.54) is 23.5 Å². The number of nitriles is 1. The number of hydrogen-bond donors (Lipinski definition) is 1. The van der Waals surface area contributed by atoms with Crippen LogP contribution in [0.2, 0.25) is 0 Å². The maximum absolute atomic E-state index is 8.71. The molecule has 2 heterocycles. The average Bonchev–Trinajstić information content (AvgIpc) is 2.40. The number of hydrogen-bond acceptors (Lipinski definition) is 6. The molecule has 0 aromatic carbocycles. The lowest BCUT2D eigenvalue weighted by Gasteiger charge is -2.02. The van der Waals surface area contributed by atoms with Crippen LogP contribution in [0.3, 0.4) is 0 Å². The Labute approximate surface area is 109 Å². The summed E-state index contributed by atoms with van der Waals surface area (Å²) >= 11 is 1.52. The zero-order valence-corrected chi connectivity index (χ0v) is 10.4. The summed E-state index contributed by atoms with van der Waals surface area (Å²) in [7, 11) is 0.